The molecular formula is C56H78N20O10. The molecular weight excluding hydrogens is 1110 g/mol. The standard InChI is InChI=1S/C56H78N20O10/c1-74(33-37-31-64-49-45(66-37)47(58)70-55(60)72-49)39-13-9-35(10-14-39)51(79)68-41(53(81)82)17-19-43(77)62-22-5-3-7-24-76(26-28-86-30-29-85-27-21-57)25-8-4-6-23-63-44(78)20-18-42(54(83)84)69-52(80)36-11-15-40(16-12-36)75(2)34-38-32-65-50-46(67-38)48(59)71-56(61)73-50/h9-16,31-32,41-42H,3-8,17-30,33-34,57H2,1-2H3,(H,62,77)(H,63,78)(H,68,79)(H,69,80)(H,81,82)(H,83,84)(H4,58,60,64,70,72)(H4,59,61,65,71,73). The van der Waals surface area contributed by atoms with E-state index >= 15 is 0 Å². The minimum Gasteiger partial charge on any atom is -0.480 e. The lowest BCUT2D eigenvalue weighted by atomic mass is 10.1. The second-order valence-electron chi connectivity index (χ2n) is 20.3. The summed E-state index contributed by atoms with van der Waals surface area (Å²) < 4.78 is 11.2. The zero-order chi connectivity index (χ0) is 62.0. The van der Waals surface area contributed by atoms with E-state index in [1.165, 1.54) is 0 Å². The van der Waals surface area contributed by atoms with Gasteiger partial charge in [0.05, 0.1) is 63.3 Å². The van der Waals surface area contributed by atoms with Gasteiger partial charge in [0.25, 0.3) is 11.8 Å². The number of anilines is 6. The predicted molar refractivity (Wildman–Crippen MR) is 322 cm³/mol. The highest BCUT2D eigenvalue weighted by molar-refractivity contribution is 5.98. The highest BCUT2D eigenvalue weighted by Gasteiger charge is 2.24. The van der Waals surface area contributed by atoms with Crippen LogP contribution in [0.25, 0.3) is 22.3 Å². The number of hydrogen-bond donors (Lipinski definition) is 11. The van der Waals surface area contributed by atoms with Gasteiger partial charge in [-0.05, 0) is 100 Å². The van der Waals surface area contributed by atoms with E-state index in [0.29, 0.717) is 101 Å². The number of nitrogens with zero attached hydrogens (tertiary/aromatic N) is 11. The number of carbonyl (C=O) groups is 6. The lowest BCUT2D eigenvalue weighted by Crippen LogP contribution is -2.41. The van der Waals surface area contributed by atoms with Crippen molar-refractivity contribution in [2.24, 2.45) is 5.73 Å². The summed E-state index contributed by atoms with van der Waals surface area (Å²) in [5.41, 5.74) is 33.1. The molecule has 6 rings (SSSR count). The van der Waals surface area contributed by atoms with E-state index in [9.17, 15) is 39.0 Å². The minimum atomic E-state index is -1.29. The largest absolute Gasteiger partial charge is 0.480 e. The van der Waals surface area contributed by atoms with Gasteiger partial charge in [0.15, 0.2) is 34.0 Å². The first-order chi connectivity index (χ1) is 41.4. The summed E-state index contributed by atoms with van der Waals surface area (Å²) >= 11 is 0. The van der Waals surface area contributed by atoms with Gasteiger partial charge in [-0.3, -0.25) is 19.2 Å². The van der Waals surface area contributed by atoms with Gasteiger partial charge >= 0.3 is 11.9 Å². The van der Waals surface area contributed by atoms with Crippen molar-refractivity contribution >= 4 is 92.8 Å². The van der Waals surface area contributed by atoms with Gasteiger partial charge in [-0.2, -0.15) is 19.9 Å². The zero-order valence-electron chi connectivity index (χ0n) is 48.5. The molecule has 0 saturated heterocycles. The average Bonchev–Trinajstić information content (AvgIpc) is 2.94. The van der Waals surface area contributed by atoms with E-state index in [1.807, 2.05) is 23.9 Å². The Labute approximate surface area is 496 Å². The molecule has 30 heteroatoms. The third-order valence-electron chi connectivity index (χ3n) is 13.6. The number of benzene rings is 2. The molecule has 86 heavy (non-hydrogen) atoms. The summed E-state index contributed by atoms with van der Waals surface area (Å²) in [5, 5.41) is 30.5. The Morgan fingerprint density at radius 1 is 0.535 bits per heavy atom. The molecule has 0 radical (unpaired) electrons. The normalized spacial score (nSPS) is 12.0. The number of amides is 4. The number of aromatic nitrogens is 8. The second-order valence-corrected chi connectivity index (χ2v) is 20.3. The summed E-state index contributed by atoms with van der Waals surface area (Å²) in [6, 6.07) is 10.6. The lowest BCUT2D eigenvalue weighted by molar-refractivity contribution is -0.140. The molecule has 0 aliphatic heterocycles. The van der Waals surface area contributed by atoms with Crippen LogP contribution in [0.5, 0.6) is 0 Å². The van der Waals surface area contributed by atoms with Crippen molar-refractivity contribution in [3.05, 3.63) is 83.4 Å². The fourth-order valence-electron chi connectivity index (χ4n) is 8.91. The Kier molecular flexibility index (Phi) is 26.0. The van der Waals surface area contributed by atoms with Gasteiger partial charge in [0.1, 0.15) is 12.1 Å². The number of aliphatic carboxylic acids is 2. The molecule has 0 spiro atoms. The summed E-state index contributed by atoms with van der Waals surface area (Å²) in [5.74, 6) is -4.12. The van der Waals surface area contributed by atoms with Crippen molar-refractivity contribution in [1.82, 2.24) is 66.0 Å². The smallest absolute Gasteiger partial charge is 0.326 e. The van der Waals surface area contributed by atoms with Crippen LogP contribution in [0, 0.1) is 0 Å². The van der Waals surface area contributed by atoms with Crippen molar-refractivity contribution in [2.45, 2.75) is 89.4 Å². The molecule has 2 atom stereocenters. The van der Waals surface area contributed by atoms with Gasteiger partial charge in [-0.25, -0.2) is 29.5 Å². The van der Waals surface area contributed by atoms with Crippen molar-refractivity contribution < 1.29 is 48.5 Å². The number of unbranched alkanes of at least 4 members (excludes halogenated alkanes) is 4. The Morgan fingerprint density at radius 2 is 0.953 bits per heavy atom. The third kappa shape index (κ3) is 21.4. The maximum absolute atomic E-state index is 13.1. The maximum Gasteiger partial charge on any atom is 0.326 e. The molecule has 0 aliphatic rings. The predicted octanol–water partition coefficient (Wildman–Crippen LogP) is 1.25. The van der Waals surface area contributed by atoms with E-state index in [1.54, 1.807) is 60.9 Å². The number of carboxylic acids is 2. The van der Waals surface area contributed by atoms with Crippen LogP contribution in [-0.2, 0) is 41.7 Å². The monoisotopic (exact) mass is 1190 g/mol. The Bertz CT molecular complexity index is 3010. The molecule has 4 amide bonds. The van der Waals surface area contributed by atoms with E-state index in [0.717, 1.165) is 50.1 Å². The molecule has 0 aliphatic carbocycles. The van der Waals surface area contributed by atoms with E-state index in [2.05, 4.69) is 66.0 Å². The van der Waals surface area contributed by atoms with Crippen LogP contribution in [0.4, 0.5) is 34.9 Å². The van der Waals surface area contributed by atoms with Crippen LogP contribution < -0.4 is 59.7 Å². The number of fused-ring (bicyclic) bond motifs is 2. The summed E-state index contributed by atoms with van der Waals surface area (Å²) in [4.78, 5) is 116. The highest BCUT2D eigenvalue weighted by Crippen LogP contribution is 2.21. The molecule has 0 saturated carbocycles. The van der Waals surface area contributed by atoms with Crippen LogP contribution in [-0.4, -0.2) is 182 Å². The van der Waals surface area contributed by atoms with Crippen molar-refractivity contribution in [3.8, 4) is 0 Å². The van der Waals surface area contributed by atoms with Crippen LogP contribution in [0.3, 0.4) is 0 Å². The van der Waals surface area contributed by atoms with E-state index < -0.39 is 35.8 Å². The first-order valence-electron chi connectivity index (χ1n) is 28.3. The molecule has 0 fully saturated rings. The average molecular weight is 1190 g/mol. The van der Waals surface area contributed by atoms with Gasteiger partial charge in [-0.1, -0.05) is 12.8 Å². The van der Waals surface area contributed by atoms with Crippen molar-refractivity contribution in [3.63, 3.8) is 0 Å². The first kappa shape index (κ1) is 65.9. The number of carboxylic acid groups (broad SMARTS) is 2. The zero-order valence-corrected chi connectivity index (χ0v) is 48.5. The fourth-order valence-corrected chi connectivity index (χ4v) is 8.91. The number of nitrogens with two attached hydrogens (primary N) is 5. The van der Waals surface area contributed by atoms with Gasteiger partial charge < -0.3 is 84.3 Å². The minimum absolute atomic E-state index is 0.00164. The molecule has 4 aromatic heterocycles. The summed E-state index contributed by atoms with van der Waals surface area (Å²) in [6.07, 6.45) is 7.48. The SMILES string of the molecule is CN(Cc1cnc2nc(N)nc(N)c2n1)c1ccc(C(=O)NC(CCC(=O)NCCCCCN(CCCCCNC(=O)CCC(NC(=O)c2ccc(N(C)Cc3cnc4nc(N)nc(N)c4n3)cc2)C(=O)O)CCOCCOCCN)C(=O)O)cc1. The molecule has 16 N–H and O–H groups in total. The van der Waals surface area contributed by atoms with Gasteiger partial charge in [-0.15, -0.1) is 0 Å². The van der Waals surface area contributed by atoms with Crippen LogP contribution in [0.15, 0.2) is 60.9 Å². The fraction of sp³-hybridized carbons (Fsp3) is 0.464. The van der Waals surface area contributed by atoms with Crippen LogP contribution in [0.1, 0.15) is 96.3 Å². The number of nitrogens with one attached hydrogen (secondary N) is 4. The highest BCUT2D eigenvalue weighted by atomic mass is 16.5. The Hall–Kier alpha value is -9.26. The van der Waals surface area contributed by atoms with Crippen molar-refractivity contribution in [1.29, 1.82) is 0 Å². The number of rotatable bonds is 38. The quantitative estimate of drug-likeness (QED) is 0.0243. The summed E-state index contributed by atoms with van der Waals surface area (Å²) in [7, 11) is 3.65. The number of nitrogen functional groups attached to an aromatic ring is 4. The summed E-state index contributed by atoms with van der Waals surface area (Å²) in [6.45, 7) is 6.05. The lowest BCUT2D eigenvalue weighted by Gasteiger charge is -2.22. The molecule has 30 nitrogen and oxygen atoms in total. The third-order valence-corrected chi connectivity index (χ3v) is 13.6. The van der Waals surface area contributed by atoms with E-state index in [4.69, 9.17) is 38.1 Å². The molecule has 2 unspecified atom stereocenters. The number of hydrogen-bond acceptors (Lipinski definition) is 24. The number of ether oxygens (including phenoxy) is 2. The molecule has 2 aromatic carbocycles. The Morgan fingerprint density at radius 3 is 1.36 bits per heavy atom. The molecule has 0 bridgehead atoms. The van der Waals surface area contributed by atoms with Gasteiger partial charge in [0, 0.05) is 75.6 Å². The van der Waals surface area contributed by atoms with Crippen LogP contribution in [0.2, 0.25) is 0 Å². The second kappa shape index (κ2) is 33.9. The molecule has 6 aromatic rings. The first-order valence-corrected chi connectivity index (χ1v) is 28.3. The maximum atomic E-state index is 13.1. The van der Waals surface area contributed by atoms with Gasteiger partial charge in [0.2, 0.25) is 23.7 Å². The van der Waals surface area contributed by atoms with Crippen LogP contribution >= 0.6 is 0 Å². The topological polar surface area (TPSA) is 452 Å². The molecule has 462 valence electrons. The Balaban J connectivity index is 0.839. The number of carbonyl (C=O) groups excluding carboxylic acids is 4. The molecule has 4 heterocycles. The van der Waals surface area contributed by atoms with E-state index in [-0.39, 0.29) is 83.5 Å². The van der Waals surface area contributed by atoms with Crippen molar-refractivity contribution in [2.75, 3.05) is 113 Å².